The first-order valence-corrected chi connectivity index (χ1v) is 6.01. The molecule has 0 aliphatic rings. The van der Waals surface area contributed by atoms with Crippen LogP contribution < -0.4 is 5.73 Å². The third-order valence-corrected chi connectivity index (χ3v) is 3.31. The number of alkyl halides is 1. The Balaban J connectivity index is 2.97. The molecule has 0 aliphatic heterocycles. The molecule has 0 radical (unpaired) electrons. The summed E-state index contributed by atoms with van der Waals surface area (Å²) in [6.07, 6.45) is 0.525. The Kier molecular flexibility index (Phi) is 4.65. The van der Waals surface area contributed by atoms with Crippen LogP contribution in [0.25, 0.3) is 0 Å². The van der Waals surface area contributed by atoms with Gasteiger partial charge in [0.1, 0.15) is 5.54 Å². The Morgan fingerprint density at radius 3 is 2.76 bits per heavy atom. The van der Waals surface area contributed by atoms with Crippen molar-refractivity contribution in [2.45, 2.75) is 25.3 Å². The van der Waals surface area contributed by atoms with Gasteiger partial charge in [-0.15, -0.1) is 0 Å². The molecule has 1 rings (SSSR count). The van der Waals surface area contributed by atoms with Crippen LogP contribution in [0.15, 0.2) is 22.7 Å². The van der Waals surface area contributed by atoms with E-state index >= 15 is 0 Å². The second kappa shape index (κ2) is 5.60. The Labute approximate surface area is 108 Å². The topological polar surface area (TPSA) is 63.3 Å². The molecule has 94 valence electrons. The van der Waals surface area contributed by atoms with E-state index in [4.69, 9.17) is 10.8 Å². The molecule has 0 saturated heterocycles. The van der Waals surface area contributed by atoms with Crippen molar-refractivity contribution in [1.82, 2.24) is 0 Å². The van der Waals surface area contributed by atoms with Gasteiger partial charge in [-0.2, -0.15) is 0 Å². The quantitative estimate of drug-likeness (QED) is 0.877. The van der Waals surface area contributed by atoms with E-state index in [2.05, 4.69) is 15.9 Å². The Morgan fingerprint density at radius 2 is 2.24 bits per heavy atom. The third-order valence-electron chi connectivity index (χ3n) is 2.54. The van der Waals surface area contributed by atoms with Gasteiger partial charge in [-0.25, -0.2) is 0 Å². The largest absolute Gasteiger partial charge is 0.480 e. The normalized spacial score (nSPS) is 14.4. The number of nitrogens with two attached hydrogens (primary N) is 1. The van der Waals surface area contributed by atoms with E-state index in [1.165, 1.54) is 6.92 Å². The number of aryl methyl sites for hydroxylation is 1. The fourth-order valence-corrected chi connectivity index (χ4v) is 1.89. The van der Waals surface area contributed by atoms with E-state index in [9.17, 15) is 9.18 Å². The van der Waals surface area contributed by atoms with Crippen molar-refractivity contribution in [3.8, 4) is 0 Å². The minimum atomic E-state index is -1.32. The lowest BCUT2D eigenvalue weighted by molar-refractivity contribution is -0.142. The number of hydrogen-bond donors (Lipinski definition) is 2. The van der Waals surface area contributed by atoms with Crippen molar-refractivity contribution in [2.24, 2.45) is 5.73 Å². The van der Waals surface area contributed by atoms with E-state index in [1.807, 2.05) is 6.07 Å². The average molecular weight is 304 g/mol. The first-order valence-electron chi connectivity index (χ1n) is 5.22. The lowest BCUT2D eigenvalue weighted by atomic mass is 9.93. The maximum absolute atomic E-state index is 12.2. The Hall–Kier alpha value is -0.940. The zero-order chi connectivity index (χ0) is 13.1. The van der Waals surface area contributed by atoms with Gasteiger partial charge >= 0.3 is 5.97 Å². The van der Waals surface area contributed by atoms with Gasteiger partial charge in [0.15, 0.2) is 0 Å². The van der Waals surface area contributed by atoms with Gasteiger partial charge in [-0.1, -0.05) is 28.1 Å². The van der Waals surface area contributed by atoms with Crippen molar-refractivity contribution in [2.75, 3.05) is 6.67 Å². The molecular weight excluding hydrogens is 289 g/mol. The predicted octanol–water partition coefficient (Wildman–Crippen LogP) is 2.31. The summed E-state index contributed by atoms with van der Waals surface area (Å²) in [5, 5.41) is 8.97. The SMILES string of the molecule is C[C@](N)(Cc1cc(CCF)ccc1Br)C(=O)O. The summed E-state index contributed by atoms with van der Waals surface area (Å²) in [4.78, 5) is 10.9. The van der Waals surface area contributed by atoms with Crippen molar-refractivity contribution in [3.63, 3.8) is 0 Å². The molecule has 0 saturated carbocycles. The first-order chi connectivity index (χ1) is 7.86. The van der Waals surface area contributed by atoms with E-state index in [1.54, 1.807) is 12.1 Å². The minimum absolute atomic E-state index is 0.197. The molecule has 1 atom stereocenters. The summed E-state index contributed by atoms with van der Waals surface area (Å²) in [6.45, 7) is 1.03. The highest BCUT2D eigenvalue weighted by Gasteiger charge is 2.28. The second-order valence-corrected chi connectivity index (χ2v) is 5.12. The monoisotopic (exact) mass is 303 g/mol. The van der Waals surface area contributed by atoms with Crippen LogP contribution in [0, 0.1) is 0 Å². The molecule has 0 spiro atoms. The molecule has 3 N–H and O–H groups in total. The van der Waals surface area contributed by atoms with E-state index in [0.717, 1.165) is 15.6 Å². The summed E-state index contributed by atoms with van der Waals surface area (Å²) >= 11 is 3.34. The number of benzene rings is 1. The number of aliphatic carboxylic acids is 1. The highest BCUT2D eigenvalue weighted by molar-refractivity contribution is 9.10. The van der Waals surface area contributed by atoms with Crippen LogP contribution in [0.1, 0.15) is 18.1 Å². The van der Waals surface area contributed by atoms with Gasteiger partial charge < -0.3 is 10.8 Å². The molecule has 0 heterocycles. The number of carboxylic acids is 1. The number of halogens is 2. The van der Waals surface area contributed by atoms with Crippen LogP contribution in [-0.2, 0) is 17.6 Å². The molecule has 0 amide bonds. The molecule has 0 aromatic heterocycles. The molecule has 3 nitrogen and oxygen atoms in total. The predicted molar refractivity (Wildman–Crippen MR) is 67.8 cm³/mol. The standard InChI is InChI=1S/C12H15BrFNO2/c1-12(15,11(16)17)7-9-6-8(4-5-14)2-3-10(9)13/h2-3,6H,4-5,7,15H2,1H3,(H,16,17)/t12-/m0/s1. The molecule has 0 aliphatic carbocycles. The van der Waals surface area contributed by atoms with Gasteiger partial charge in [-0.3, -0.25) is 9.18 Å². The average Bonchev–Trinajstić information content (AvgIpc) is 2.23. The zero-order valence-corrected chi connectivity index (χ0v) is 11.1. The van der Waals surface area contributed by atoms with E-state index in [-0.39, 0.29) is 6.42 Å². The van der Waals surface area contributed by atoms with Crippen LogP contribution >= 0.6 is 15.9 Å². The third kappa shape index (κ3) is 3.78. The maximum atomic E-state index is 12.2. The van der Waals surface area contributed by atoms with Gasteiger partial charge in [-0.05, 0) is 24.1 Å². The van der Waals surface area contributed by atoms with E-state index < -0.39 is 18.2 Å². The van der Waals surface area contributed by atoms with Crippen molar-refractivity contribution >= 4 is 21.9 Å². The van der Waals surface area contributed by atoms with Gasteiger partial charge in [0.2, 0.25) is 0 Å². The fraction of sp³-hybridized carbons (Fsp3) is 0.417. The van der Waals surface area contributed by atoms with Crippen LogP contribution in [0.4, 0.5) is 4.39 Å². The maximum Gasteiger partial charge on any atom is 0.323 e. The summed E-state index contributed by atoms with van der Waals surface area (Å²) in [5.41, 5.74) is 5.99. The molecular formula is C12H15BrFNO2. The van der Waals surface area contributed by atoms with Gasteiger partial charge in [0, 0.05) is 17.3 Å². The van der Waals surface area contributed by atoms with Crippen LogP contribution in [-0.4, -0.2) is 23.3 Å². The number of carboxylic acid groups (broad SMARTS) is 1. The Bertz CT molecular complexity index is 421. The molecule has 0 bridgehead atoms. The Morgan fingerprint density at radius 1 is 1.59 bits per heavy atom. The fourth-order valence-electron chi connectivity index (χ4n) is 1.50. The number of hydrogen-bond acceptors (Lipinski definition) is 2. The van der Waals surface area contributed by atoms with Crippen LogP contribution in [0.2, 0.25) is 0 Å². The summed E-state index contributed by atoms with van der Waals surface area (Å²) in [6, 6.07) is 5.39. The highest BCUT2D eigenvalue weighted by atomic mass is 79.9. The summed E-state index contributed by atoms with van der Waals surface area (Å²) in [7, 11) is 0. The van der Waals surface area contributed by atoms with Gasteiger partial charge in [0.25, 0.3) is 0 Å². The second-order valence-electron chi connectivity index (χ2n) is 4.26. The molecule has 5 heteroatoms. The van der Waals surface area contributed by atoms with Crippen LogP contribution in [0.5, 0.6) is 0 Å². The molecule has 1 aromatic carbocycles. The van der Waals surface area contributed by atoms with Crippen molar-refractivity contribution in [3.05, 3.63) is 33.8 Å². The summed E-state index contributed by atoms with van der Waals surface area (Å²) in [5.74, 6) is -1.06. The molecule has 1 aromatic rings. The molecule has 17 heavy (non-hydrogen) atoms. The lowest BCUT2D eigenvalue weighted by Gasteiger charge is -2.20. The lowest BCUT2D eigenvalue weighted by Crippen LogP contribution is -2.46. The molecule has 0 unspecified atom stereocenters. The smallest absolute Gasteiger partial charge is 0.323 e. The van der Waals surface area contributed by atoms with Crippen LogP contribution in [0.3, 0.4) is 0 Å². The van der Waals surface area contributed by atoms with Gasteiger partial charge in [0.05, 0.1) is 6.67 Å². The number of carbonyl (C=O) groups is 1. The van der Waals surface area contributed by atoms with Crippen molar-refractivity contribution in [1.29, 1.82) is 0 Å². The number of rotatable bonds is 5. The molecule has 0 fully saturated rings. The minimum Gasteiger partial charge on any atom is -0.480 e. The van der Waals surface area contributed by atoms with Crippen molar-refractivity contribution < 1.29 is 14.3 Å². The first kappa shape index (κ1) is 14.1. The zero-order valence-electron chi connectivity index (χ0n) is 9.54. The summed E-state index contributed by atoms with van der Waals surface area (Å²) < 4.78 is 13.0. The van der Waals surface area contributed by atoms with E-state index in [0.29, 0.717) is 6.42 Å². The highest BCUT2D eigenvalue weighted by Crippen LogP contribution is 2.22.